The Morgan fingerprint density at radius 1 is 1.44 bits per heavy atom. The predicted octanol–water partition coefficient (Wildman–Crippen LogP) is 0.495. The van der Waals surface area contributed by atoms with E-state index in [9.17, 15) is 14.4 Å². The lowest BCUT2D eigenvalue weighted by atomic mass is 10.0. The van der Waals surface area contributed by atoms with Crippen LogP contribution in [0, 0.1) is 5.92 Å². The number of hydrogen-bond acceptors (Lipinski definition) is 4. The summed E-state index contributed by atoms with van der Waals surface area (Å²) in [4.78, 5) is 33.0. The zero-order chi connectivity index (χ0) is 14.0. The van der Waals surface area contributed by atoms with Gasteiger partial charge in [-0.2, -0.15) is 11.8 Å². The molecule has 18 heavy (non-hydrogen) atoms. The van der Waals surface area contributed by atoms with Gasteiger partial charge in [-0.25, -0.2) is 0 Å². The highest BCUT2D eigenvalue weighted by molar-refractivity contribution is 7.98. The quantitative estimate of drug-likeness (QED) is 0.568. The van der Waals surface area contributed by atoms with Crippen LogP contribution < -0.4 is 10.6 Å². The molecule has 1 radical (unpaired) electrons. The monoisotopic (exact) mass is 273 g/mol. The van der Waals surface area contributed by atoms with Crippen LogP contribution in [0.5, 0.6) is 0 Å². The largest absolute Gasteiger partial charge is 0.347 e. The van der Waals surface area contributed by atoms with Crippen LogP contribution in [0.25, 0.3) is 0 Å². The molecule has 0 aliphatic rings. The summed E-state index contributed by atoms with van der Waals surface area (Å²) >= 11 is 1.60. The maximum absolute atomic E-state index is 11.9. The number of rotatable bonds is 10. The van der Waals surface area contributed by atoms with E-state index in [1.807, 2.05) is 26.4 Å². The van der Waals surface area contributed by atoms with E-state index >= 15 is 0 Å². The minimum absolute atomic E-state index is 0.292. The van der Waals surface area contributed by atoms with Crippen LogP contribution in [-0.4, -0.2) is 42.7 Å². The van der Waals surface area contributed by atoms with E-state index in [2.05, 4.69) is 10.6 Å². The number of hydrogen-bond donors (Lipinski definition) is 2. The second kappa shape index (κ2) is 9.94. The molecule has 103 valence electrons. The Kier molecular flexibility index (Phi) is 9.36. The van der Waals surface area contributed by atoms with Crippen molar-refractivity contribution < 1.29 is 14.4 Å². The molecule has 0 aromatic heterocycles. The van der Waals surface area contributed by atoms with Gasteiger partial charge >= 0.3 is 0 Å². The standard InChI is InChI=1S/C12H21N2O3S/c1-9(2)6-10(7-15)14-12(17)11(13-8-16)4-5-18-3/h8-11H,4-6H2,1-3H3,(H,13,16)(H,14,17)/t10-,11-/m0/s1. The van der Waals surface area contributed by atoms with Gasteiger partial charge in [0.05, 0.1) is 6.04 Å². The van der Waals surface area contributed by atoms with Crippen LogP contribution >= 0.6 is 11.8 Å². The first kappa shape index (κ1) is 17.0. The van der Waals surface area contributed by atoms with Crippen LogP contribution in [0.4, 0.5) is 0 Å². The van der Waals surface area contributed by atoms with Gasteiger partial charge in [0.15, 0.2) is 0 Å². The Balaban J connectivity index is 4.36. The van der Waals surface area contributed by atoms with Gasteiger partial charge in [0.2, 0.25) is 18.6 Å². The van der Waals surface area contributed by atoms with Crippen molar-refractivity contribution in [2.45, 2.75) is 38.8 Å². The third kappa shape index (κ3) is 7.32. The van der Waals surface area contributed by atoms with Crippen molar-refractivity contribution in [3.05, 3.63) is 0 Å². The summed E-state index contributed by atoms with van der Waals surface area (Å²) in [5.41, 5.74) is 0. The first-order valence-corrected chi connectivity index (χ1v) is 7.31. The molecule has 6 heteroatoms. The van der Waals surface area contributed by atoms with E-state index < -0.39 is 12.1 Å². The summed E-state index contributed by atoms with van der Waals surface area (Å²) in [6.07, 6.45) is 5.34. The normalized spacial score (nSPS) is 13.8. The summed E-state index contributed by atoms with van der Waals surface area (Å²) < 4.78 is 0. The van der Waals surface area contributed by atoms with Crippen molar-refractivity contribution in [1.29, 1.82) is 0 Å². The molecule has 0 rings (SSSR count). The third-order valence-electron chi connectivity index (χ3n) is 2.36. The maximum atomic E-state index is 11.9. The fraction of sp³-hybridized carbons (Fsp3) is 0.750. The average Bonchev–Trinajstić information content (AvgIpc) is 2.32. The summed E-state index contributed by atoms with van der Waals surface area (Å²) in [6.45, 7) is 3.93. The molecule has 0 unspecified atom stereocenters. The van der Waals surface area contributed by atoms with E-state index in [0.29, 0.717) is 25.2 Å². The van der Waals surface area contributed by atoms with E-state index in [4.69, 9.17) is 0 Å². The van der Waals surface area contributed by atoms with Crippen LogP contribution in [-0.2, 0) is 14.4 Å². The molecule has 0 aliphatic carbocycles. The Morgan fingerprint density at radius 2 is 2.11 bits per heavy atom. The number of carbonyl (C=O) groups excluding carboxylic acids is 3. The Bertz CT molecular complexity index is 272. The molecule has 0 bridgehead atoms. The van der Waals surface area contributed by atoms with Crippen molar-refractivity contribution in [3.63, 3.8) is 0 Å². The van der Waals surface area contributed by atoms with Gasteiger partial charge in [-0.05, 0) is 30.8 Å². The molecule has 0 aliphatic heterocycles. The molecular formula is C12H21N2O3S. The SMILES string of the molecule is CSCC[C@H](NC=O)C(=O)N[C@H]([C]=O)CC(C)C. The Hall–Kier alpha value is -1.04. The van der Waals surface area contributed by atoms with Crippen LogP contribution in [0.1, 0.15) is 26.7 Å². The second-order valence-electron chi connectivity index (χ2n) is 4.43. The average molecular weight is 273 g/mol. The van der Waals surface area contributed by atoms with Crippen molar-refractivity contribution >= 4 is 30.4 Å². The lowest BCUT2D eigenvalue weighted by Crippen LogP contribution is -2.48. The highest BCUT2D eigenvalue weighted by atomic mass is 32.2. The van der Waals surface area contributed by atoms with Crippen molar-refractivity contribution in [2.24, 2.45) is 5.92 Å². The summed E-state index contributed by atoms with van der Waals surface area (Å²) in [6, 6.07) is -1.19. The third-order valence-corrected chi connectivity index (χ3v) is 3.01. The molecule has 2 N–H and O–H groups in total. The van der Waals surface area contributed by atoms with E-state index in [-0.39, 0.29) is 5.91 Å². The zero-order valence-corrected chi connectivity index (χ0v) is 11.9. The van der Waals surface area contributed by atoms with E-state index in [0.717, 1.165) is 5.75 Å². The fourth-order valence-electron chi connectivity index (χ4n) is 1.49. The van der Waals surface area contributed by atoms with Crippen molar-refractivity contribution in [3.8, 4) is 0 Å². The van der Waals surface area contributed by atoms with E-state index in [1.54, 1.807) is 11.8 Å². The molecule has 2 amide bonds. The highest BCUT2D eigenvalue weighted by Crippen LogP contribution is 2.05. The van der Waals surface area contributed by atoms with Gasteiger partial charge in [0, 0.05) is 0 Å². The maximum Gasteiger partial charge on any atom is 0.243 e. The number of nitrogens with one attached hydrogen (secondary N) is 2. The first-order chi connectivity index (χ1) is 8.54. The van der Waals surface area contributed by atoms with Gasteiger partial charge in [-0.1, -0.05) is 13.8 Å². The molecule has 5 nitrogen and oxygen atoms in total. The lowest BCUT2D eigenvalue weighted by molar-refractivity contribution is -0.125. The van der Waals surface area contributed by atoms with Gasteiger partial charge in [-0.3, -0.25) is 14.4 Å². The van der Waals surface area contributed by atoms with Gasteiger partial charge in [0.1, 0.15) is 6.04 Å². The summed E-state index contributed by atoms with van der Waals surface area (Å²) in [5.74, 6) is 0.726. The minimum atomic E-state index is -0.609. The zero-order valence-electron chi connectivity index (χ0n) is 11.1. The molecule has 2 atom stereocenters. The van der Waals surface area contributed by atoms with Crippen LogP contribution in [0.15, 0.2) is 0 Å². The predicted molar refractivity (Wildman–Crippen MR) is 73.1 cm³/mol. The van der Waals surface area contributed by atoms with Crippen LogP contribution in [0.3, 0.4) is 0 Å². The van der Waals surface area contributed by atoms with Gasteiger partial charge in [0.25, 0.3) is 0 Å². The lowest BCUT2D eigenvalue weighted by Gasteiger charge is -2.19. The molecule has 0 aromatic rings. The molecule has 0 saturated carbocycles. The fourth-order valence-corrected chi connectivity index (χ4v) is 1.96. The first-order valence-electron chi connectivity index (χ1n) is 5.91. The number of amides is 2. The van der Waals surface area contributed by atoms with Gasteiger partial charge in [-0.15, -0.1) is 0 Å². The molecular weight excluding hydrogens is 252 g/mol. The molecule has 0 aromatic carbocycles. The number of carbonyl (C=O) groups is 2. The molecule has 0 fully saturated rings. The van der Waals surface area contributed by atoms with Crippen molar-refractivity contribution in [2.75, 3.05) is 12.0 Å². The Labute approximate surface area is 112 Å². The van der Waals surface area contributed by atoms with Crippen molar-refractivity contribution in [1.82, 2.24) is 10.6 Å². The minimum Gasteiger partial charge on any atom is -0.347 e. The number of thioether (sulfide) groups is 1. The molecule has 0 saturated heterocycles. The Morgan fingerprint density at radius 3 is 2.56 bits per heavy atom. The molecule has 0 heterocycles. The molecule has 0 spiro atoms. The summed E-state index contributed by atoms with van der Waals surface area (Å²) in [5, 5.41) is 5.06. The van der Waals surface area contributed by atoms with Crippen LogP contribution in [0.2, 0.25) is 0 Å². The van der Waals surface area contributed by atoms with Gasteiger partial charge < -0.3 is 10.6 Å². The topological polar surface area (TPSA) is 75.3 Å². The smallest absolute Gasteiger partial charge is 0.243 e. The highest BCUT2D eigenvalue weighted by Gasteiger charge is 2.21. The summed E-state index contributed by atoms with van der Waals surface area (Å²) in [7, 11) is 0. The van der Waals surface area contributed by atoms with E-state index in [1.165, 1.54) is 0 Å². The second-order valence-corrected chi connectivity index (χ2v) is 5.41.